The van der Waals surface area contributed by atoms with Crippen LogP contribution in [0.4, 0.5) is 43.9 Å². The van der Waals surface area contributed by atoms with Crippen molar-refractivity contribution in [3.05, 3.63) is 0 Å². The highest BCUT2D eigenvalue weighted by Gasteiger charge is 2.57. The molecule has 0 amide bonds. The van der Waals surface area contributed by atoms with Crippen LogP contribution < -0.4 is 0 Å². The molecule has 0 aliphatic rings. The van der Waals surface area contributed by atoms with E-state index in [1.807, 2.05) is 0 Å². The largest absolute Gasteiger partial charge is 0.466 e. The minimum Gasteiger partial charge on any atom is -0.466 e. The second-order valence-electron chi connectivity index (χ2n) is 10.5. The summed E-state index contributed by atoms with van der Waals surface area (Å²) in [6, 6.07) is 0. The van der Waals surface area contributed by atoms with Crippen LogP contribution >= 0.6 is 15.9 Å². The lowest BCUT2D eigenvalue weighted by molar-refractivity contribution is -0.284. The molecule has 43 heavy (non-hydrogen) atoms. The van der Waals surface area contributed by atoms with Crippen LogP contribution in [-0.4, -0.2) is 61.6 Å². The van der Waals surface area contributed by atoms with E-state index >= 15 is 0 Å². The van der Waals surface area contributed by atoms with Gasteiger partial charge in [0.15, 0.2) is 6.29 Å². The summed E-state index contributed by atoms with van der Waals surface area (Å²) in [5.74, 6) is -9.76. The number of carbonyl (C=O) groups excluding carboxylic acids is 1. The molecule has 15 heteroatoms. The van der Waals surface area contributed by atoms with Gasteiger partial charge in [0.25, 0.3) is 0 Å². The van der Waals surface area contributed by atoms with Crippen LogP contribution in [0.3, 0.4) is 0 Å². The monoisotopic (exact) mass is 714 g/mol. The normalized spacial score (nSPS) is 13.2. The third-order valence-corrected chi connectivity index (χ3v) is 7.13. The standard InChI is InChI=1S/C28H45BrF10O4/c29-19-11-3-6-12-20-41-23(40)15-7-8-16-24(42-21-13-4-1-9-17-25(30,31)27(34,35)36)43-22-14-5-2-10-18-26(32,33)28(37,38)39/h24H,1-22H2. The molecule has 0 N–H and O–H groups in total. The molecule has 4 nitrogen and oxygen atoms in total. The second-order valence-corrected chi connectivity index (χ2v) is 11.3. The summed E-state index contributed by atoms with van der Waals surface area (Å²) < 4.78 is 142. The van der Waals surface area contributed by atoms with E-state index in [0.29, 0.717) is 51.6 Å². The Kier molecular flexibility index (Phi) is 22.2. The number of halogens is 11. The molecule has 0 saturated carbocycles. The Balaban J connectivity index is 4.36. The van der Waals surface area contributed by atoms with E-state index in [1.165, 1.54) is 0 Å². The Bertz CT molecular complexity index is 666. The van der Waals surface area contributed by atoms with Crippen LogP contribution in [0.15, 0.2) is 0 Å². The lowest BCUT2D eigenvalue weighted by Gasteiger charge is -2.20. The van der Waals surface area contributed by atoms with E-state index in [1.54, 1.807) is 0 Å². The van der Waals surface area contributed by atoms with Gasteiger partial charge in [-0.2, -0.15) is 43.9 Å². The Hall–Kier alpha value is -0.830. The molecular formula is C28H45BrF10O4. The van der Waals surface area contributed by atoms with Gasteiger partial charge < -0.3 is 14.2 Å². The summed E-state index contributed by atoms with van der Waals surface area (Å²) >= 11 is 3.35. The zero-order chi connectivity index (χ0) is 32.8. The van der Waals surface area contributed by atoms with E-state index in [9.17, 15) is 48.7 Å². The fraction of sp³-hybridized carbons (Fsp3) is 0.964. The quantitative estimate of drug-likeness (QED) is 0.0279. The zero-order valence-electron chi connectivity index (χ0n) is 24.4. The summed E-state index contributed by atoms with van der Waals surface area (Å²) in [5, 5.41) is 0.931. The van der Waals surface area contributed by atoms with Crippen LogP contribution in [0.1, 0.15) is 116 Å². The summed E-state index contributed by atoms with van der Waals surface area (Å²) in [5.41, 5.74) is 0. The maximum Gasteiger partial charge on any atom is 0.453 e. The van der Waals surface area contributed by atoms with Crippen LogP contribution in [0.5, 0.6) is 0 Å². The maximum atomic E-state index is 13.0. The van der Waals surface area contributed by atoms with Crippen LogP contribution in [0.2, 0.25) is 0 Å². The van der Waals surface area contributed by atoms with E-state index in [0.717, 1.165) is 31.0 Å². The van der Waals surface area contributed by atoms with Gasteiger partial charge in [-0.25, -0.2) is 0 Å². The SMILES string of the molecule is O=C(CCCCC(OCCCCCCC(F)(F)C(F)(F)F)OCCCCCCC(F)(F)C(F)(F)F)OCCCCCCBr. The summed E-state index contributed by atoms with van der Waals surface area (Å²) in [6.07, 6.45) is -7.64. The Morgan fingerprint density at radius 1 is 0.535 bits per heavy atom. The highest BCUT2D eigenvalue weighted by Crippen LogP contribution is 2.40. The van der Waals surface area contributed by atoms with Crippen molar-refractivity contribution in [2.24, 2.45) is 0 Å². The number of alkyl halides is 11. The van der Waals surface area contributed by atoms with E-state index in [-0.39, 0.29) is 51.3 Å². The molecule has 0 saturated heterocycles. The number of esters is 1. The van der Waals surface area contributed by atoms with Gasteiger partial charge in [-0.1, -0.05) is 54.5 Å². The smallest absolute Gasteiger partial charge is 0.453 e. The topological polar surface area (TPSA) is 44.8 Å². The maximum absolute atomic E-state index is 13.0. The molecule has 0 aromatic heterocycles. The molecule has 258 valence electrons. The summed E-state index contributed by atoms with van der Waals surface area (Å²) in [4.78, 5) is 11.9. The van der Waals surface area contributed by atoms with Crippen molar-refractivity contribution >= 4 is 21.9 Å². The van der Waals surface area contributed by atoms with Crippen LogP contribution in [-0.2, 0) is 19.0 Å². The average Bonchev–Trinajstić information content (AvgIpc) is 2.90. The number of hydrogen-bond donors (Lipinski definition) is 0. The number of carbonyl (C=O) groups is 1. The molecule has 0 unspecified atom stereocenters. The zero-order valence-corrected chi connectivity index (χ0v) is 26.0. The van der Waals surface area contributed by atoms with E-state index < -0.39 is 43.3 Å². The van der Waals surface area contributed by atoms with Crippen molar-refractivity contribution in [3.8, 4) is 0 Å². The van der Waals surface area contributed by atoms with Gasteiger partial charge in [-0.05, 0) is 57.8 Å². The molecule has 0 aromatic rings. The fourth-order valence-electron chi connectivity index (χ4n) is 3.92. The molecule has 0 spiro atoms. The van der Waals surface area contributed by atoms with Crippen molar-refractivity contribution < 1.29 is 62.9 Å². The van der Waals surface area contributed by atoms with Crippen molar-refractivity contribution in [3.63, 3.8) is 0 Å². The first-order valence-corrected chi connectivity index (χ1v) is 16.0. The highest BCUT2D eigenvalue weighted by atomic mass is 79.9. The number of ether oxygens (including phenoxy) is 3. The molecule has 0 aliphatic heterocycles. The van der Waals surface area contributed by atoms with Crippen LogP contribution in [0, 0.1) is 0 Å². The van der Waals surface area contributed by atoms with E-state index in [4.69, 9.17) is 14.2 Å². The summed E-state index contributed by atoms with van der Waals surface area (Å²) in [6.45, 7) is 0.672. The Morgan fingerprint density at radius 3 is 1.40 bits per heavy atom. The lowest BCUT2D eigenvalue weighted by atomic mass is 10.1. The lowest BCUT2D eigenvalue weighted by Crippen LogP contribution is -2.36. The predicted molar refractivity (Wildman–Crippen MR) is 146 cm³/mol. The first-order chi connectivity index (χ1) is 20.0. The molecule has 0 aliphatic carbocycles. The first kappa shape index (κ1) is 42.2. The third-order valence-electron chi connectivity index (χ3n) is 6.57. The minimum absolute atomic E-state index is 0.157. The second kappa shape index (κ2) is 22.6. The van der Waals surface area contributed by atoms with Gasteiger partial charge in [-0.3, -0.25) is 4.79 Å². The van der Waals surface area contributed by atoms with E-state index in [2.05, 4.69) is 15.9 Å². The van der Waals surface area contributed by atoms with Gasteiger partial charge in [0.2, 0.25) is 0 Å². The molecule has 0 rings (SSSR count). The first-order valence-electron chi connectivity index (χ1n) is 14.9. The predicted octanol–water partition coefficient (Wildman–Crippen LogP) is 10.7. The Labute approximate surface area is 256 Å². The molecule has 0 heterocycles. The number of unbranched alkanes of at least 4 members (excludes halogenated alkanes) is 10. The van der Waals surface area contributed by atoms with Gasteiger partial charge in [0, 0.05) is 37.8 Å². The molecular weight excluding hydrogens is 670 g/mol. The van der Waals surface area contributed by atoms with Crippen molar-refractivity contribution in [2.45, 2.75) is 146 Å². The highest BCUT2D eigenvalue weighted by molar-refractivity contribution is 9.09. The average molecular weight is 716 g/mol. The van der Waals surface area contributed by atoms with Gasteiger partial charge in [0.05, 0.1) is 6.61 Å². The number of rotatable bonds is 27. The fourth-order valence-corrected chi connectivity index (χ4v) is 4.32. The molecule has 0 fully saturated rings. The summed E-state index contributed by atoms with van der Waals surface area (Å²) in [7, 11) is 0. The van der Waals surface area contributed by atoms with Gasteiger partial charge in [0.1, 0.15) is 0 Å². The third kappa shape index (κ3) is 21.5. The van der Waals surface area contributed by atoms with Crippen molar-refractivity contribution in [1.29, 1.82) is 0 Å². The van der Waals surface area contributed by atoms with Crippen LogP contribution in [0.25, 0.3) is 0 Å². The van der Waals surface area contributed by atoms with Gasteiger partial charge >= 0.3 is 30.2 Å². The molecule has 0 radical (unpaired) electrons. The Morgan fingerprint density at radius 2 is 0.953 bits per heavy atom. The molecule has 0 bridgehead atoms. The molecule has 0 aromatic carbocycles. The minimum atomic E-state index is -5.57. The van der Waals surface area contributed by atoms with Crippen molar-refractivity contribution in [2.75, 3.05) is 25.2 Å². The van der Waals surface area contributed by atoms with Gasteiger partial charge in [-0.15, -0.1) is 0 Å². The number of hydrogen-bond acceptors (Lipinski definition) is 4. The van der Waals surface area contributed by atoms with Crippen molar-refractivity contribution in [1.82, 2.24) is 0 Å². The molecule has 0 atom stereocenters.